The smallest absolute Gasteiger partial charge is 0.170 e. The maximum atomic E-state index is 8.74. The van der Waals surface area contributed by atoms with Crippen LogP contribution in [0.5, 0.6) is 0 Å². The largest absolute Gasteiger partial charge is 0.409 e. The van der Waals surface area contributed by atoms with Crippen molar-refractivity contribution >= 4 is 22.6 Å². The zero-order valence-corrected chi connectivity index (χ0v) is 13.7. The number of aromatic amines is 1. The van der Waals surface area contributed by atoms with E-state index in [1.54, 1.807) is 18.3 Å². The molecule has 0 bridgehead atoms. The second kappa shape index (κ2) is 6.21. The van der Waals surface area contributed by atoms with Gasteiger partial charge in [0.25, 0.3) is 0 Å². The van der Waals surface area contributed by atoms with Gasteiger partial charge in [-0.2, -0.15) is 0 Å². The molecule has 2 aromatic carbocycles. The van der Waals surface area contributed by atoms with Crippen LogP contribution in [-0.4, -0.2) is 26.0 Å². The van der Waals surface area contributed by atoms with Gasteiger partial charge in [-0.05, 0) is 12.1 Å². The Morgan fingerprint density at radius 3 is 2.62 bits per heavy atom. The fourth-order valence-electron chi connectivity index (χ4n) is 2.88. The Bertz CT molecular complexity index is 1110. The molecule has 0 unspecified atom stereocenters. The summed E-state index contributed by atoms with van der Waals surface area (Å²) in [5.41, 5.74) is 15.7. The van der Waals surface area contributed by atoms with E-state index in [2.05, 4.69) is 20.1 Å². The van der Waals surface area contributed by atoms with Crippen LogP contribution in [0.1, 0.15) is 5.56 Å². The van der Waals surface area contributed by atoms with Crippen molar-refractivity contribution in [1.29, 1.82) is 0 Å². The number of nitrogens with one attached hydrogen (secondary N) is 1. The Balaban J connectivity index is 1.75. The van der Waals surface area contributed by atoms with Gasteiger partial charge in [-0.25, -0.2) is 9.97 Å². The van der Waals surface area contributed by atoms with Crippen molar-refractivity contribution < 1.29 is 5.21 Å². The third-order valence-electron chi connectivity index (χ3n) is 4.16. The number of oxime groups is 1. The standard InChI is InChI=1S/C19H16N6O/c20-17-9-14(13-3-1-2-4-15(13)23-17)16-10-22-19(24-16)12-7-5-11(6-8-12)18(21)25-26/h1-10,26H,(H2,20,23)(H2,21,25)(H,22,24). The van der Waals surface area contributed by atoms with Gasteiger partial charge in [-0.15, -0.1) is 0 Å². The molecule has 4 rings (SSSR count). The van der Waals surface area contributed by atoms with E-state index in [1.165, 1.54) is 0 Å². The van der Waals surface area contributed by atoms with Crippen LogP contribution in [0.4, 0.5) is 5.82 Å². The lowest BCUT2D eigenvalue weighted by Gasteiger charge is -2.06. The van der Waals surface area contributed by atoms with E-state index >= 15 is 0 Å². The van der Waals surface area contributed by atoms with Crippen molar-refractivity contribution in [1.82, 2.24) is 15.0 Å². The zero-order valence-electron chi connectivity index (χ0n) is 13.7. The van der Waals surface area contributed by atoms with Crippen LogP contribution in [0.3, 0.4) is 0 Å². The molecule has 0 aliphatic heterocycles. The van der Waals surface area contributed by atoms with E-state index in [9.17, 15) is 0 Å². The normalized spacial score (nSPS) is 11.8. The van der Waals surface area contributed by atoms with Crippen LogP contribution in [0.15, 0.2) is 65.9 Å². The van der Waals surface area contributed by atoms with Crippen molar-refractivity contribution in [3.63, 3.8) is 0 Å². The summed E-state index contributed by atoms with van der Waals surface area (Å²) >= 11 is 0. The van der Waals surface area contributed by atoms with Crippen molar-refractivity contribution in [3.8, 4) is 22.6 Å². The summed E-state index contributed by atoms with van der Waals surface area (Å²) in [6.45, 7) is 0. The number of aromatic nitrogens is 3. The topological polar surface area (TPSA) is 126 Å². The fraction of sp³-hybridized carbons (Fsp3) is 0. The number of hydrogen-bond donors (Lipinski definition) is 4. The number of nitrogens with zero attached hydrogens (tertiary/aromatic N) is 3. The minimum Gasteiger partial charge on any atom is -0.409 e. The highest BCUT2D eigenvalue weighted by molar-refractivity contribution is 5.97. The highest BCUT2D eigenvalue weighted by atomic mass is 16.4. The molecule has 4 aromatic rings. The number of amidine groups is 1. The number of nitrogens with two attached hydrogens (primary N) is 2. The van der Waals surface area contributed by atoms with Crippen LogP contribution in [0.25, 0.3) is 33.5 Å². The van der Waals surface area contributed by atoms with Gasteiger partial charge < -0.3 is 21.7 Å². The lowest BCUT2D eigenvalue weighted by Crippen LogP contribution is -2.12. The van der Waals surface area contributed by atoms with Gasteiger partial charge in [0.2, 0.25) is 0 Å². The number of H-pyrrole nitrogens is 1. The van der Waals surface area contributed by atoms with Gasteiger partial charge in [0, 0.05) is 22.1 Å². The first-order chi connectivity index (χ1) is 12.7. The molecule has 0 fully saturated rings. The Labute approximate surface area is 149 Å². The molecule has 0 radical (unpaired) electrons. The number of fused-ring (bicyclic) bond motifs is 1. The van der Waals surface area contributed by atoms with Crippen molar-refractivity contribution in [3.05, 3.63) is 66.4 Å². The molecule has 2 aromatic heterocycles. The van der Waals surface area contributed by atoms with Crippen LogP contribution < -0.4 is 11.5 Å². The Morgan fingerprint density at radius 2 is 1.85 bits per heavy atom. The number of hydrogen-bond acceptors (Lipinski definition) is 5. The van der Waals surface area contributed by atoms with E-state index in [-0.39, 0.29) is 5.84 Å². The molecule has 0 saturated carbocycles. The molecule has 0 saturated heterocycles. The summed E-state index contributed by atoms with van der Waals surface area (Å²) in [6, 6.07) is 16.9. The van der Waals surface area contributed by atoms with Gasteiger partial charge in [-0.1, -0.05) is 47.6 Å². The number of anilines is 1. The van der Waals surface area contributed by atoms with Crippen molar-refractivity contribution in [2.45, 2.75) is 0 Å². The van der Waals surface area contributed by atoms with E-state index < -0.39 is 0 Å². The summed E-state index contributed by atoms with van der Waals surface area (Å²) in [7, 11) is 0. The molecule has 0 spiro atoms. The summed E-state index contributed by atoms with van der Waals surface area (Å²) in [5.74, 6) is 1.24. The maximum Gasteiger partial charge on any atom is 0.170 e. The second-order valence-electron chi connectivity index (χ2n) is 5.82. The van der Waals surface area contributed by atoms with Crippen molar-refractivity contribution in [2.75, 3.05) is 5.73 Å². The molecule has 0 aliphatic rings. The molecule has 128 valence electrons. The third-order valence-corrected chi connectivity index (χ3v) is 4.16. The molecule has 6 N–H and O–H groups in total. The van der Waals surface area contributed by atoms with Gasteiger partial charge >= 0.3 is 0 Å². The predicted molar refractivity (Wildman–Crippen MR) is 102 cm³/mol. The monoisotopic (exact) mass is 344 g/mol. The number of para-hydroxylation sites is 1. The number of benzene rings is 2. The number of pyridine rings is 1. The molecule has 0 amide bonds. The van der Waals surface area contributed by atoms with E-state index in [0.29, 0.717) is 17.2 Å². The van der Waals surface area contributed by atoms with Gasteiger partial charge in [0.15, 0.2) is 5.84 Å². The summed E-state index contributed by atoms with van der Waals surface area (Å²) in [6.07, 6.45) is 1.77. The van der Waals surface area contributed by atoms with E-state index in [4.69, 9.17) is 16.7 Å². The van der Waals surface area contributed by atoms with Crippen LogP contribution in [0, 0.1) is 0 Å². The lowest BCUT2D eigenvalue weighted by molar-refractivity contribution is 0.318. The molecule has 2 heterocycles. The number of imidazole rings is 1. The van der Waals surface area contributed by atoms with Crippen molar-refractivity contribution in [2.24, 2.45) is 10.9 Å². The molecule has 0 aliphatic carbocycles. The zero-order chi connectivity index (χ0) is 18.1. The lowest BCUT2D eigenvalue weighted by atomic mass is 10.1. The molecule has 7 nitrogen and oxygen atoms in total. The highest BCUT2D eigenvalue weighted by Gasteiger charge is 2.11. The minimum absolute atomic E-state index is 0.0652. The van der Waals surface area contributed by atoms with Crippen LogP contribution >= 0.6 is 0 Å². The molecule has 0 atom stereocenters. The van der Waals surface area contributed by atoms with Crippen LogP contribution in [-0.2, 0) is 0 Å². The molecule has 26 heavy (non-hydrogen) atoms. The molecular weight excluding hydrogens is 328 g/mol. The number of rotatable bonds is 3. The third kappa shape index (κ3) is 2.71. The first-order valence-corrected chi connectivity index (χ1v) is 7.94. The Hall–Kier alpha value is -3.87. The first kappa shape index (κ1) is 15.6. The average Bonchev–Trinajstić information content (AvgIpc) is 3.17. The molecular formula is C19H16N6O. The SMILES string of the molecule is N/C(=N\O)c1ccc(-c2ncc(-c3cc(N)nc4ccccc34)[nH]2)cc1. The Morgan fingerprint density at radius 1 is 1.08 bits per heavy atom. The first-order valence-electron chi connectivity index (χ1n) is 7.94. The summed E-state index contributed by atoms with van der Waals surface area (Å²) in [5, 5.41) is 12.7. The molecule has 7 heteroatoms. The van der Waals surface area contributed by atoms with Gasteiger partial charge in [0.1, 0.15) is 11.6 Å². The summed E-state index contributed by atoms with van der Waals surface area (Å²) < 4.78 is 0. The predicted octanol–water partition coefficient (Wildman–Crippen LogP) is 2.97. The maximum absolute atomic E-state index is 8.74. The van der Waals surface area contributed by atoms with E-state index in [0.717, 1.165) is 27.7 Å². The Kier molecular flexibility index (Phi) is 3.74. The number of nitrogen functional groups attached to an aromatic ring is 1. The van der Waals surface area contributed by atoms with Crippen LogP contribution in [0.2, 0.25) is 0 Å². The van der Waals surface area contributed by atoms with Gasteiger partial charge in [-0.3, -0.25) is 0 Å². The minimum atomic E-state index is 0.0652. The highest BCUT2D eigenvalue weighted by Crippen LogP contribution is 2.29. The second-order valence-corrected chi connectivity index (χ2v) is 5.82. The average molecular weight is 344 g/mol. The quantitative estimate of drug-likeness (QED) is 0.197. The van der Waals surface area contributed by atoms with E-state index in [1.807, 2.05) is 42.5 Å². The fourth-order valence-corrected chi connectivity index (χ4v) is 2.88. The van der Waals surface area contributed by atoms with Gasteiger partial charge in [0.05, 0.1) is 17.4 Å². The summed E-state index contributed by atoms with van der Waals surface area (Å²) in [4.78, 5) is 12.1.